The summed E-state index contributed by atoms with van der Waals surface area (Å²) in [5.41, 5.74) is 6.30. The van der Waals surface area contributed by atoms with E-state index in [2.05, 4.69) is 38.0 Å². The summed E-state index contributed by atoms with van der Waals surface area (Å²) in [6.45, 7) is -1.36. The van der Waals surface area contributed by atoms with Crippen molar-refractivity contribution in [2.75, 3.05) is 38.7 Å². The second kappa shape index (κ2) is 5.88. The van der Waals surface area contributed by atoms with Crippen LogP contribution in [-0.2, 0) is 0 Å². The molecule has 0 aromatic carbocycles. The predicted octanol–water partition coefficient (Wildman–Crippen LogP) is 2.75. The minimum Gasteiger partial charge on any atom is -0.273 e. The molecule has 20 heavy (non-hydrogen) atoms. The van der Waals surface area contributed by atoms with Crippen molar-refractivity contribution in [1.82, 2.24) is 23.9 Å². The SMILES string of the molecule is CN1CCCS[P+]12NP(=N)(N)N[P+]1(N2)SCCCN1C. The van der Waals surface area contributed by atoms with Crippen molar-refractivity contribution in [3.05, 3.63) is 0 Å². The van der Waals surface area contributed by atoms with Gasteiger partial charge in [0.05, 0.1) is 22.8 Å². The van der Waals surface area contributed by atoms with Crippen LogP contribution in [0, 0.1) is 5.16 Å². The Morgan fingerprint density at radius 2 is 1.50 bits per heavy atom. The Hall–Kier alpha value is 1.55. The summed E-state index contributed by atoms with van der Waals surface area (Å²) in [5, 5.41) is 8.53. The first kappa shape index (κ1) is 16.4. The molecular formula is C8H24N7P3S2+2. The van der Waals surface area contributed by atoms with Crippen LogP contribution in [0.1, 0.15) is 12.8 Å². The molecule has 3 saturated heterocycles. The molecule has 6 N–H and O–H groups in total. The summed E-state index contributed by atoms with van der Waals surface area (Å²) in [5.74, 6) is 2.29. The molecule has 0 aromatic rings. The summed E-state index contributed by atoms with van der Waals surface area (Å²) in [6.07, 6.45) is 2.42. The van der Waals surface area contributed by atoms with Crippen LogP contribution in [0.2, 0.25) is 0 Å². The highest BCUT2D eigenvalue weighted by Gasteiger charge is 2.68. The molecule has 3 fully saturated rings. The second-order valence-electron chi connectivity index (χ2n) is 5.31. The first-order valence-electron chi connectivity index (χ1n) is 6.69. The van der Waals surface area contributed by atoms with E-state index in [1.54, 1.807) is 0 Å². The van der Waals surface area contributed by atoms with Crippen molar-refractivity contribution >= 4 is 44.1 Å². The van der Waals surface area contributed by atoms with Crippen LogP contribution in [0.25, 0.3) is 0 Å². The van der Waals surface area contributed by atoms with E-state index in [1.807, 2.05) is 22.8 Å². The van der Waals surface area contributed by atoms with Gasteiger partial charge in [0.15, 0.2) is 0 Å². The molecule has 3 aliphatic rings. The van der Waals surface area contributed by atoms with Gasteiger partial charge in [-0.1, -0.05) is 9.72 Å². The molecule has 0 amide bonds. The number of nitrogens with one attached hydrogen (secondary N) is 4. The Bertz CT molecular complexity index is 408. The lowest BCUT2D eigenvalue weighted by atomic mass is 10.5. The number of nitrogens with two attached hydrogens (primary N) is 1. The molecule has 0 radical (unpaired) electrons. The van der Waals surface area contributed by atoms with Crippen molar-refractivity contribution in [3.63, 3.8) is 0 Å². The maximum absolute atomic E-state index is 8.53. The normalized spacial score (nSPS) is 48.0. The number of nitrogens with zero attached hydrogens (tertiary/aromatic N) is 2. The Morgan fingerprint density at radius 3 is 1.90 bits per heavy atom. The van der Waals surface area contributed by atoms with E-state index in [4.69, 9.17) is 10.7 Å². The molecule has 0 aliphatic carbocycles. The molecule has 2 atom stereocenters. The Balaban J connectivity index is 1.95. The van der Waals surface area contributed by atoms with Crippen LogP contribution in [0.15, 0.2) is 0 Å². The molecule has 116 valence electrons. The van der Waals surface area contributed by atoms with Gasteiger partial charge in [0.2, 0.25) is 7.51 Å². The van der Waals surface area contributed by atoms with Gasteiger partial charge in [-0.05, 0) is 12.8 Å². The van der Waals surface area contributed by atoms with Crippen LogP contribution >= 0.6 is 44.1 Å². The van der Waals surface area contributed by atoms with Crippen LogP contribution in [0.3, 0.4) is 0 Å². The van der Waals surface area contributed by atoms with Gasteiger partial charge in [-0.2, -0.15) is 0 Å². The number of rotatable bonds is 0. The topological polar surface area (TPSA) is 92.4 Å². The third-order valence-corrected chi connectivity index (χ3v) is 22.5. The fraction of sp³-hybridized carbons (Fsp3) is 1.00. The molecule has 12 heteroatoms. The molecule has 7 nitrogen and oxygen atoms in total. The third-order valence-electron chi connectivity index (χ3n) is 3.63. The predicted molar refractivity (Wildman–Crippen MR) is 96.5 cm³/mol. The van der Waals surface area contributed by atoms with E-state index in [1.165, 1.54) is 12.8 Å². The summed E-state index contributed by atoms with van der Waals surface area (Å²) in [4.78, 5) is 10.9. The first-order valence-corrected chi connectivity index (χ1v) is 15.2. The lowest BCUT2D eigenvalue weighted by Gasteiger charge is -2.46. The summed E-state index contributed by atoms with van der Waals surface area (Å²) < 4.78 is 4.78. The minimum atomic E-state index is -2.52. The second-order valence-corrected chi connectivity index (χ2v) is 18.9. The largest absolute Gasteiger partial charge is 0.331 e. The van der Waals surface area contributed by atoms with E-state index in [-0.39, 0.29) is 0 Å². The molecule has 3 aliphatic heterocycles. The Labute approximate surface area is 130 Å². The summed E-state index contributed by atoms with van der Waals surface area (Å²) >= 11 is 3.91. The van der Waals surface area contributed by atoms with E-state index >= 15 is 0 Å². The number of hydrogen-bond acceptors (Lipinski definition) is 6. The molecule has 0 saturated carbocycles. The lowest BCUT2D eigenvalue weighted by Crippen LogP contribution is -2.51. The van der Waals surface area contributed by atoms with Gasteiger partial charge in [0.25, 0.3) is 0 Å². The molecule has 0 aromatic heterocycles. The maximum atomic E-state index is 8.53. The van der Waals surface area contributed by atoms with Gasteiger partial charge in [0, 0.05) is 43.5 Å². The third kappa shape index (κ3) is 2.98. The quantitative estimate of drug-likeness (QED) is 0.413. The fourth-order valence-corrected chi connectivity index (χ4v) is 25.9. The van der Waals surface area contributed by atoms with Gasteiger partial charge in [-0.15, -0.1) is 9.34 Å². The van der Waals surface area contributed by atoms with Gasteiger partial charge >= 0.3 is 13.8 Å². The molecular weight excluding hydrogens is 351 g/mol. The highest BCUT2D eigenvalue weighted by atomic mass is 32.8. The average Bonchev–Trinajstić information content (AvgIpc) is 2.35. The molecule has 0 bridgehead atoms. The minimum absolute atomic E-state index is 1.08. The Kier molecular flexibility index (Phi) is 4.82. The summed E-state index contributed by atoms with van der Waals surface area (Å²) in [7, 11) is 1.81. The monoisotopic (exact) mass is 375 g/mol. The average molecular weight is 375 g/mol. The highest BCUT2D eigenvalue weighted by Crippen LogP contribution is 2.86. The van der Waals surface area contributed by atoms with Crippen LogP contribution in [0.4, 0.5) is 0 Å². The van der Waals surface area contributed by atoms with E-state index < -0.39 is 21.3 Å². The van der Waals surface area contributed by atoms with E-state index in [9.17, 15) is 0 Å². The molecule has 3 heterocycles. The zero-order valence-corrected chi connectivity index (χ0v) is 16.2. The van der Waals surface area contributed by atoms with Crippen LogP contribution < -0.4 is 20.1 Å². The Morgan fingerprint density at radius 1 is 1.05 bits per heavy atom. The van der Waals surface area contributed by atoms with Gasteiger partial charge in [0.1, 0.15) is 0 Å². The fourth-order valence-electron chi connectivity index (χ4n) is 2.56. The van der Waals surface area contributed by atoms with Crippen molar-refractivity contribution in [2.24, 2.45) is 5.50 Å². The van der Waals surface area contributed by atoms with Gasteiger partial charge in [-0.25, -0.2) is 0 Å². The van der Waals surface area contributed by atoms with E-state index in [0.29, 0.717) is 0 Å². The van der Waals surface area contributed by atoms with E-state index in [0.717, 1.165) is 24.6 Å². The van der Waals surface area contributed by atoms with Crippen molar-refractivity contribution in [1.29, 1.82) is 5.16 Å². The molecule has 3 rings (SSSR count). The van der Waals surface area contributed by atoms with Gasteiger partial charge < -0.3 is 0 Å². The molecule has 2 unspecified atom stereocenters. The van der Waals surface area contributed by atoms with Gasteiger partial charge in [-0.3, -0.25) is 10.7 Å². The highest BCUT2D eigenvalue weighted by molar-refractivity contribution is 8.68. The standard InChI is InChI=1S/C8H24N7P3S2/c1-14-5-3-7-19-17(14)11-16(9,10)12-18(13-17)15(2)6-4-8-20-18/h13H,3-8H2,1-2H3,(H5,9,10,11,12)/q+2. The smallest absolute Gasteiger partial charge is 0.273 e. The maximum Gasteiger partial charge on any atom is 0.331 e. The van der Waals surface area contributed by atoms with Crippen LogP contribution in [0.5, 0.6) is 0 Å². The van der Waals surface area contributed by atoms with Crippen molar-refractivity contribution in [2.45, 2.75) is 12.8 Å². The first-order chi connectivity index (χ1) is 9.38. The summed E-state index contributed by atoms with van der Waals surface area (Å²) in [6, 6.07) is 0. The van der Waals surface area contributed by atoms with Crippen molar-refractivity contribution < 1.29 is 0 Å². The number of hydrogen-bond donors (Lipinski definition) is 5. The van der Waals surface area contributed by atoms with Crippen molar-refractivity contribution in [3.8, 4) is 0 Å². The zero-order valence-electron chi connectivity index (χ0n) is 11.9. The van der Waals surface area contributed by atoms with Crippen LogP contribution in [-0.4, -0.2) is 48.0 Å². The lowest BCUT2D eigenvalue weighted by molar-refractivity contribution is 0.513. The molecule has 2 spiro atoms. The zero-order chi connectivity index (χ0) is 14.4.